The third-order valence-electron chi connectivity index (χ3n) is 1.51. The first-order valence-corrected chi connectivity index (χ1v) is 4.40. The van der Waals surface area contributed by atoms with Crippen LogP contribution in [0, 0.1) is 11.7 Å². The molecule has 0 bridgehead atoms. The Morgan fingerprint density at radius 2 is 2.00 bits per heavy atom. The molecule has 1 radical (unpaired) electrons. The largest absolute Gasteiger partial charge is 0.285 e. The first-order valence-electron chi connectivity index (χ1n) is 2.90. The summed E-state index contributed by atoms with van der Waals surface area (Å²) in [5.41, 5.74) is 0. The lowest BCUT2D eigenvalue weighted by Crippen LogP contribution is -2.16. The number of hydrogen-bond acceptors (Lipinski definition) is 2. The van der Waals surface area contributed by atoms with Gasteiger partial charge in [-0.25, -0.2) is 0 Å². The van der Waals surface area contributed by atoms with Crippen LogP contribution in [-0.4, -0.2) is 13.0 Å². The highest BCUT2D eigenvalue weighted by Crippen LogP contribution is 2.29. The predicted octanol–water partition coefficient (Wildman–Crippen LogP) is 0.836. The smallest absolute Gasteiger partial charge is 0.269 e. The molecule has 0 aliphatic heterocycles. The molecule has 0 atom stereocenters. The Kier molecular flexibility index (Phi) is 1.77. The second-order valence-corrected chi connectivity index (χ2v) is 3.64. The SMILES string of the molecule is O=S(=O)(O)[CH]C1CCC1. The molecule has 0 aromatic heterocycles. The summed E-state index contributed by atoms with van der Waals surface area (Å²) in [4.78, 5) is 0. The van der Waals surface area contributed by atoms with Crippen molar-refractivity contribution in [3.8, 4) is 0 Å². The molecular formula is C5H9O3S. The van der Waals surface area contributed by atoms with Gasteiger partial charge in [0.1, 0.15) is 5.75 Å². The Balaban J connectivity index is 2.33. The summed E-state index contributed by atoms with van der Waals surface area (Å²) in [6, 6.07) is 0. The van der Waals surface area contributed by atoms with Crippen LogP contribution in [0.2, 0.25) is 0 Å². The van der Waals surface area contributed by atoms with Crippen LogP contribution in [0.3, 0.4) is 0 Å². The average Bonchev–Trinajstić information content (AvgIpc) is 1.53. The third-order valence-corrected chi connectivity index (χ3v) is 2.24. The van der Waals surface area contributed by atoms with Gasteiger partial charge in [-0.3, -0.25) is 4.55 Å². The van der Waals surface area contributed by atoms with Gasteiger partial charge in [0.25, 0.3) is 10.1 Å². The van der Waals surface area contributed by atoms with Gasteiger partial charge in [0.15, 0.2) is 0 Å². The fraction of sp³-hybridized carbons (Fsp3) is 0.800. The molecule has 53 valence electrons. The van der Waals surface area contributed by atoms with Gasteiger partial charge in [-0.05, 0) is 18.8 Å². The van der Waals surface area contributed by atoms with Gasteiger partial charge in [0, 0.05) is 0 Å². The van der Waals surface area contributed by atoms with Crippen LogP contribution in [0.1, 0.15) is 19.3 Å². The molecule has 1 aliphatic carbocycles. The van der Waals surface area contributed by atoms with Gasteiger partial charge in [-0.2, -0.15) is 8.42 Å². The molecule has 1 N–H and O–H groups in total. The van der Waals surface area contributed by atoms with Crippen molar-refractivity contribution < 1.29 is 13.0 Å². The van der Waals surface area contributed by atoms with Gasteiger partial charge in [-0.1, -0.05) is 6.42 Å². The maximum Gasteiger partial charge on any atom is 0.269 e. The molecule has 9 heavy (non-hydrogen) atoms. The molecule has 1 aliphatic rings. The van der Waals surface area contributed by atoms with Gasteiger partial charge in [0.2, 0.25) is 0 Å². The highest BCUT2D eigenvalue weighted by Gasteiger charge is 2.23. The van der Waals surface area contributed by atoms with Crippen LogP contribution in [-0.2, 0) is 10.1 Å². The standard InChI is InChI=1S/C5H9O3S/c6-9(7,8)4-5-2-1-3-5/h4-5H,1-3H2,(H,6,7,8). The maximum absolute atomic E-state index is 10.1. The van der Waals surface area contributed by atoms with Crippen LogP contribution in [0.25, 0.3) is 0 Å². The van der Waals surface area contributed by atoms with Crippen LogP contribution in [0.15, 0.2) is 0 Å². The van der Waals surface area contributed by atoms with Crippen molar-refractivity contribution >= 4 is 10.1 Å². The van der Waals surface area contributed by atoms with E-state index in [4.69, 9.17) is 4.55 Å². The molecule has 0 amide bonds. The number of hydrogen-bond donors (Lipinski definition) is 1. The Bertz CT molecular complexity index is 178. The van der Waals surface area contributed by atoms with E-state index in [1.165, 1.54) is 0 Å². The van der Waals surface area contributed by atoms with E-state index in [2.05, 4.69) is 0 Å². The van der Waals surface area contributed by atoms with E-state index >= 15 is 0 Å². The van der Waals surface area contributed by atoms with Crippen LogP contribution >= 0.6 is 0 Å². The van der Waals surface area contributed by atoms with E-state index in [-0.39, 0.29) is 5.92 Å². The molecule has 0 aromatic carbocycles. The highest BCUT2D eigenvalue weighted by molar-refractivity contribution is 7.87. The van der Waals surface area contributed by atoms with Crippen molar-refractivity contribution in [2.75, 3.05) is 0 Å². The van der Waals surface area contributed by atoms with E-state index in [9.17, 15) is 8.42 Å². The van der Waals surface area contributed by atoms with E-state index in [0.717, 1.165) is 25.0 Å². The second kappa shape index (κ2) is 2.27. The molecule has 1 fully saturated rings. The van der Waals surface area contributed by atoms with E-state index in [1.807, 2.05) is 0 Å². The Hall–Kier alpha value is -0.0900. The molecular weight excluding hydrogens is 140 g/mol. The van der Waals surface area contributed by atoms with Crippen molar-refractivity contribution in [1.82, 2.24) is 0 Å². The molecule has 3 nitrogen and oxygen atoms in total. The lowest BCUT2D eigenvalue weighted by Gasteiger charge is -2.22. The molecule has 1 saturated carbocycles. The zero-order valence-corrected chi connectivity index (χ0v) is 5.76. The van der Waals surface area contributed by atoms with Crippen LogP contribution in [0.4, 0.5) is 0 Å². The Labute approximate surface area is 54.8 Å². The molecule has 0 saturated heterocycles. The molecule has 1 rings (SSSR count). The zero-order chi connectivity index (χ0) is 6.91. The minimum atomic E-state index is -3.81. The summed E-state index contributed by atoms with van der Waals surface area (Å²) in [6.45, 7) is 0. The van der Waals surface area contributed by atoms with Gasteiger partial charge in [-0.15, -0.1) is 0 Å². The summed E-state index contributed by atoms with van der Waals surface area (Å²) in [7, 11) is -3.81. The summed E-state index contributed by atoms with van der Waals surface area (Å²) < 4.78 is 28.5. The number of rotatable bonds is 2. The van der Waals surface area contributed by atoms with Crippen LogP contribution in [0.5, 0.6) is 0 Å². The summed E-state index contributed by atoms with van der Waals surface area (Å²) in [5.74, 6) is 1.14. The molecule has 4 heteroatoms. The third kappa shape index (κ3) is 2.32. The maximum atomic E-state index is 10.1. The molecule has 0 unspecified atom stereocenters. The lowest BCUT2D eigenvalue weighted by molar-refractivity contribution is 0.366. The quantitative estimate of drug-likeness (QED) is 0.592. The highest BCUT2D eigenvalue weighted by atomic mass is 32.2. The predicted molar refractivity (Wildman–Crippen MR) is 33.2 cm³/mol. The second-order valence-electron chi connectivity index (χ2n) is 2.34. The topological polar surface area (TPSA) is 54.4 Å². The average molecular weight is 149 g/mol. The van der Waals surface area contributed by atoms with Crippen molar-refractivity contribution in [3.05, 3.63) is 5.75 Å². The van der Waals surface area contributed by atoms with Crippen molar-refractivity contribution in [1.29, 1.82) is 0 Å². The Morgan fingerprint density at radius 3 is 2.11 bits per heavy atom. The monoisotopic (exact) mass is 149 g/mol. The first kappa shape index (κ1) is 7.02. The van der Waals surface area contributed by atoms with Crippen molar-refractivity contribution in [3.63, 3.8) is 0 Å². The summed E-state index contributed by atoms with van der Waals surface area (Å²) in [5, 5.41) is 0. The van der Waals surface area contributed by atoms with Crippen molar-refractivity contribution in [2.24, 2.45) is 5.92 Å². The molecule has 0 heterocycles. The van der Waals surface area contributed by atoms with E-state index < -0.39 is 10.1 Å². The fourth-order valence-corrected chi connectivity index (χ4v) is 1.58. The Morgan fingerprint density at radius 1 is 1.44 bits per heavy atom. The first-order chi connectivity index (χ1) is 4.08. The van der Waals surface area contributed by atoms with Gasteiger partial charge in [0.05, 0.1) is 0 Å². The molecule has 0 aromatic rings. The summed E-state index contributed by atoms with van der Waals surface area (Å²) >= 11 is 0. The van der Waals surface area contributed by atoms with E-state index in [0.29, 0.717) is 0 Å². The summed E-state index contributed by atoms with van der Waals surface area (Å²) in [6.07, 6.45) is 2.89. The minimum Gasteiger partial charge on any atom is -0.285 e. The van der Waals surface area contributed by atoms with Crippen LogP contribution < -0.4 is 0 Å². The normalized spacial score (nSPS) is 21.4. The van der Waals surface area contributed by atoms with Crippen molar-refractivity contribution in [2.45, 2.75) is 19.3 Å². The zero-order valence-electron chi connectivity index (χ0n) is 4.95. The minimum absolute atomic E-state index is 0.111. The van der Waals surface area contributed by atoms with Gasteiger partial charge < -0.3 is 0 Å². The van der Waals surface area contributed by atoms with Gasteiger partial charge >= 0.3 is 0 Å². The lowest BCUT2D eigenvalue weighted by atomic mass is 9.87. The fourth-order valence-electron chi connectivity index (χ4n) is 0.819. The van der Waals surface area contributed by atoms with E-state index in [1.54, 1.807) is 0 Å². The molecule has 0 spiro atoms.